The molecule has 0 aromatic heterocycles. The number of hydrogen-bond donors (Lipinski definition) is 0. The maximum atomic E-state index is 12.4. The molecule has 1 aromatic carbocycles. The molecule has 4 heteroatoms. The van der Waals surface area contributed by atoms with Crippen LogP contribution in [0.1, 0.15) is 77.2 Å². The summed E-state index contributed by atoms with van der Waals surface area (Å²) >= 11 is 0. The molecule has 1 fully saturated rings. The number of unbranched alkanes of at least 4 members (excludes halogenated alkanes) is 4. The Balaban J connectivity index is 1.70. The highest BCUT2D eigenvalue weighted by atomic mass is 16.5. The Morgan fingerprint density at radius 3 is 2.32 bits per heavy atom. The van der Waals surface area contributed by atoms with Crippen LogP contribution in [0.5, 0.6) is 5.75 Å². The van der Waals surface area contributed by atoms with E-state index in [1.807, 2.05) is 12.1 Å². The summed E-state index contributed by atoms with van der Waals surface area (Å²) in [7, 11) is 0. The highest BCUT2D eigenvalue weighted by Gasteiger charge is 2.29. The summed E-state index contributed by atoms with van der Waals surface area (Å²) in [5.74, 6) is 0.0146. The first-order chi connectivity index (χ1) is 13.6. The van der Waals surface area contributed by atoms with Crippen molar-refractivity contribution in [1.82, 2.24) is 0 Å². The summed E-state index contributed by atoms with van der Waals surface area (Å²) in [4.78, 5) is 23.9. The van der Waals surface area contributed by atoms with Crippen molar-refractivity contribution in [3.05, 3.63) is 42.0 Å². The van der Waals surface area contributed by atoms with Gasteiger partial charge < -0.3 is 9.47 Å². The van der Waals surface area contributed by atoms with Crippen LogP contribution >= 0.6 is 0 Å². The largest absolute Gasteiger partial charge is 0.459 e. The first-order valence-electron chi connectivity index (χ1n) is 10.8. The zero-order valence-corrected chi connectivity index (χ0v) is 17.3. The lowest BCUT2D eigenvalue weighted by Gasteiger charge is -2.26. The van der Waals surface area contributed by atoms with E-state index < -0.39 is 0 Å². The van der Waals surface area contributed by atoms with Crippen LogP contribution in [-0.2, 0) is 20.7 Å². The number of allylic oxidation sites excluding steroid dienone is 1. The quantitative estimate of drug-likeness (QED) is 0.221. The predicted octanol–water partition coefficient (Wildman–Crippen LogP) is 5.78. The molecule has 0 N–H and O–H groups in total. The SMILES string of the molecule is C/C=C/C(=O)OC1CCC(C(=O)Oc2ccc(CCCCCCC)cc2)CC1. The summed E-state index contributed by atoms with van der Waals surface area (Å²) in [5.41, 5.74) is 1.29. The Hall–Kier alpha value is -2.10. The molecule has 1 saturated carbocycles. The molecule has 0 atom stereocenters. The van der Waals surface area contributed by atoms with Crippen LogP contribution in [0.25, 0.3) is 0 Å². The molecule has 4 nitrogen and oxygen atoms in total. The molecule has 1 aromatic rings. The molecule has 0 bridgehead atoms. The fourth-order valence-corrected chi connectivity index (χ4v) is 3.61. The molecule has 0 radical (unpaired) electrons. The summed E-state index contributed by atoms with van der Waals surface area (Å²) in [5, 5.41) is 0. The zero-order chi connectivity index (χ0) is 20.2. The minimum atomic E-state index is -0.307. The highest BCUT2D eigenvalue weighted by molar-refractivity contribution is 5.82. The lowest BCUT2D eigenvalue weighted by Crippen LogP contribution is -2.29. The maximum absolute atomic E-state index is 12.4. The Bertz CT molecular complexity index is 625. The fraction of sp³-hybridized carbons (Fsp3) is 0.583. The van der Waals surface area contributed by atoms with Crippen LogP contribution in [0.4, 0.5) is 0 Å². The van der Waals surface area contributed by atoms with Crippen LogP contribution < -0.4 is 4.74 Å². The van der Waals surface area contributed by atoms with Crippen molar-refractivity contribution in [3.63, 3.8) is 0 Å². The zero-order valence-electron chi connectivity index (χ0n) is 17.3. The van der Waals surface area contributed by atoms with Crippen LogP contribution in [0.15, 0.2) is 36.4 Å². The summed E-state index contributed by atoms with van der Waals surface area (Å²) in [6.45, 7) is 4.01. The van der Waals surface area contributed by atoms with E-state index in [-0.39, 0.29) is 24.0 Å². The first kappa shape index (κ1) is 22.2. The van der Waals surface area contributed by atoms with Gasteiger partial charge in [0, 0.05) is 6.08 Å². The summed E-state index contributed by atoms with van der Waals surface area (Å²) in [6.07, 6.45) is 13.3. The third-order valence-electron chi connectivity index (χ3n) is 5.30. The number of carbonyl (C=O) groups excluding carboxylic acids is 2. The average Bonchev–Trinajstić information content (AvgIpc) is 2.70. The van der Waals surface area contributed by atoms with Crippen LogP contribution in [0.3, 0.4) is 0 Å². The molecular formula is C24H34O4. The molecule has 2 rings (SSSR count). The number of carbonyl (C=O) groups is 2. The smallest absolute Gasteiger partial charge is 0.330 e. The van der Waals surface area contributed by atoms with E-state index in [0.29, 0.717) is 31.4 Å². The number of rotatable bonds is 10. The van der Waals surface area contributed by atoms with E-state index in [2.05, 4.69) is 19.1 Å². The second kappa shape index (κ2) is 12.4. The van der Waals surface area contributed by atoms with Gasteiger partial charge in [0.25, 0.3) is 0 Å². The lowest BCUT2D eigenvalue weighted by atomic mass is 9.87. The molecule has 1 aliphatic carbocycles. The van der Waals surface area contributed by atoms with Crippen molar-refractivity contribution in [2.45, 2.75) is 84.2 Å². The second-order valence-corrected chi connectivity index (χ2v) is 7.64. The molecule has 28 heavy (non-hydrogen) atoms. The Labute approximate surface area is 169 Å². The number of benzene rings is 1. The van der Waals surface area contributed by atoms with Gasteiger partial charge in [0.05, 0.1) is 5.92 Å². The fourth-order valence-electron chi connectivity index (χ4n) is 3.61. The second-order valence-electron chi connectivity index (χ2n) is 7.64. The standard InChI is InChI=1S/C24H34O4/c1-3-5-6-7-8-10-19-11-15-22(16-12-19)28-24(26)20-13-17-21(18-14-20)27-23(25)9-4-2/h4,9,11-12,15-16,20-21H,3,5-8,10,13-14,17-18H2,1-2H3/b9-4+. The van der Waals surface area contributed by atoms with E-state index in [1.54, 1.807) is 13.0 Å². The highest BCUT2D eigenvalue weighted by Crippen LogP contribution is 2.28. The molecule has 154 valence electrons. The van der Waals surface area contributed by atoms with Crippen LogP contribution in [0, 0.1) is 5.92 Å². The van der Waals surface area contributed by atoms with Gasteiger partial charge in [-0.1, -0.05) is 50.8 Å². The minimum absolute atomic E-state index is 0.0932. The number of esters is 2. The monoisotopic (exact) mass is 386 g/mol. The summed E-state index contributed by atoms with van der Waals surface area (Å²) in [6, 6.07) is 7.90. The van der Waals surface area contributed by atoms with E-state index >= 15 is 0 Å². The van der Waals surface area contributed by atoms with Crippen molar-refractivity contribution in [2.75, 3.05) is 0 Å². The molecule has 0 unspecified atom stereocenters. The Morgan fingerprint density at radius 2 is 1.68 bits per heavy atom. The maximum Gasteiger partial charge on any atom is 0.330 e. The summed E-state index contributed by atoms with van der Waals surface area (Å²) < 4.78 is 10.9. The van der Waals surface area contributed by atoms with Gasteiger partial charge in [-0.05, 0) is 63.1 Å². The van der Waals surface area contributed by atoms with Crippen molar-refractivity contribution in [2.24, 2.45) is 5.92 Å². The van der Waals surface area contributed by atoms with Gasteiger partial charge in [0.15, 0.2) is 0 Å². The normalized spacial score (nSPS) is 19.5. The number of ether oxygens (including phenoxy) is 2. The first-order valence-corrected chi connectivity index (χ1v) is 10.8. The Kier molecular flexibility index (Phi) is 9.81. The number of hydrogen-bond acceptors (Lipinski definition) is 4. The minimum Gasteiger partial charge on any atom is -0.459 e. The Morgan fingerprint density at radius 1 is 1.00 bits per heavy atom. The van der Waals surface area contributed by atoms with E-state index in [9.17, 15) is 9.59 Å². The molecular weight excluding hydrogens is 352 g/mol. The molecule has 0 saturated heterocycles. The van der Waals surface area contributed by atoms with Gasteiger partial charge in [-0.15, -0.1) is 0 Å². The van der Waals surface area contributed by atoms with Crippen molar-refractivity contribution < 1.29 is 19.1 Å². The van der Waals surface area contributed by atoms with Crippen LogP contribution in [0.2, 0.25) is 0 Å². The van der Waals surface area contributed by atoms with Crippen LogP contribution in [-0.4, -0.2) is 18.0 Å². The van der Waals surface area contributed by atoms with Gasteiger partial charge in [0.1, 0.15) is 11.9 Å². The van der Waals surface area contributed by atoms with Gasteiger partial charge in [0.2, 0.25) is 0 Å². The van der Waals surface area contributed by atoms with Gasteiger partial charge >= 0.3 is 11.9 Å². The van der Waals surface area contributed by atoms with Crippen molar-refractivity contribution >= 4 is 11.9 Å². The molecule has 0 spiro atoms. The topological polar surface area (TPSA) is 52.6 Å². The predicted molar refractivity (Wildman–Crippen MR) is 111 cm³/mol. The molecule has 0 amide bonds. The van der Waals surface area contributed by atoms with Crippen molar-refractivity contribution in [1.29, 1.82) is 0 Å². The third kappa shape index (κ3) is 7.87. The van der Waals surface area contributed by atoms with Gasteiger partial charge in [-0.25, -0.2) is 4.79 Å². The van der Waals surface area contributed by atoms with Gasteiger partial charge in [-0.2, -0.15) is 0 Å². The van der Waals surface area contributed by atoms with Crippen molar-refractivity contribution in [3.8, 4) is 5.75 Å². The van der Waals surface area contributed by atoms with E-state index in [0.717, 1.165) is 6.42 Å². The van der Waals surface area contributed by atoms with Gasteiger partial charge in [-0.3, -0.25) is 4.79 Å². The third-order valence-corrected chi connectivity index (χ3v) is 5.30. The molecule has 1 aliphatic rings. The molecule has 0 aliphatic heterocycles. The van der Waals surface area contributed by atoms with E-state index in [1.165, 1.54) is 43.7 Å². The molecule has 0 heterocycles. The number of aryl methyl sites for hydroxylation is 1. The lowest BCUT2D eigenvalue weighted by molar-refractivity contribution is -0.147. The van der Waals surface area contributed by atoms with E-state index in [4.69, 9.17) is 9.47 Å². The average molecular weight is 387 g/mol.